The number of hydrogen-bond acceptors (Lipinski definition) is 6. The summed E-state index contributed by atoms with van der Waals surface area (Å²) < 4.78 is 9.98. The summed E-state index contributed by atoms with van der Waals surface area (Å²) in [5.74, 6) is -0.430. The molecule has 0 radical (unpaired) electrons. The zero-order chi connectivity index (χ0) is 21.3. The lowest BCUT2D eigenvalue weighted by Crippen LogP contribution is -2.14. The van der Waals surface area contributed by atoms with Gasteiger partial charge in [0.05, 0.1) is 24.2 Å². The lowest BCUT2D eigenvalue weighted by molar-refractivity contribution is -0.113. The molecule has 0 spiro atoms. The molecule has 3 rings (SSSR count). The molecule has 0 aliphatic carbocycles. The Bertz CT molecular complexity index is 999. The molecule has 154 valence electrons. The van der Waals surface area contributed by atoms with Gasteiger partial charge in [-0.05, 0) is 67.6 Å². The van der Waals surface area contributed by atoms with Crippen LogP contribution in [0.5, 0.6) is 0 Å². The van der Waals surface area contributed by atoms with Crippen molar-refractivity contribution in [1.82, 2.24) is 0 Å². The van der Waals surface area contributed by atoms with Crippen molar-refractivity contribution in [2.24, 2.45) is 0 Å². The predicted octanol–water partition coefficient (Wildman–Crippen LogP) is 4.44. The molecule has 2 aromatic carbocycles. The number of carbonyl (C=O) groups is 3. The number of esters is 1. The van der Waals surface area contributed by atoms with Crippen LogP contribution in [0.2, 0.25) is 0 Å². The SMILES string of the molecule is CCOC(=O)c1ccc(NC(=O)CSc2ccc(NC(=O)c3ccco3)cc2)cc1. The van der Waals surface area contributed by atoms with E-state index in [1.165, 1.54) is 18.0 Å². The minimum atomic E-state index is -0.394. The second kappa shape index (κ2) is 10.3. The van der Waals surface area contributed by atoms with Crippen LogP contribution in [-0.2, 0) is 9.53 Å². The Labute approximate surface area is 177 Å². The first-order valence-electron chi connectivity index (χ1n) is 9.20. The van der Waals surface area contributed by atoms with E-state index in [0.29, 0.717) is 23.5 Å². The van der Waals surface area contributed by atoms with Gasteiger partial charge < -0.3 is 19.8 Å². The summed E-state index contributed by atoms with van der Waals surface area (Å²) >= 11 is 1.37. The molecule has 8 heteroatoms. The van der Waals surface area contributed by atoms with E-state index < -0.39 is 5.97 Å². The van der Waals surface area contributed by atoms with Crippen LogP contribution in [0, 0.1) is 0 Å². The summed E-state index contributed by atoms with van der Waals surface area (Å²) in [6.07, 6.45) is 1.44. The third-order valence-corrected chi connectivity index (χ3v) is 4.92. The standard InChI is InChI=1S/C22H20N2O5S/c1-2-28-22(27)15-5-7-16(8-6-15)23-20(25)14-30-18-11-9-17(10-12-18)24-21(26)19-4-3-13-29-19/h3-13H,2,14H2,1H3,(H,23,25)(H,24,26). The molecule has 0 atom stereocenters. The Morgan fingerprint density at radius 3 is 2.23 bits per heavy atom. The van der Waals surface area contributed by atoms with E-state index in [1.807, 2.05) is 12.1 Å². The molecule has 0 fully saturated rings. The number of hydrogen-bond donors (Lipinski definition) is 2. The minimum Gasteiger partial charge on any atom is -0.462 e. The van der Waals surface area contributed by atoms with E-state index in [4.69, 9.17) is 9.15 Å². The fraction of sp³-hybridized carbons (Fsp3) is 0.136. The monoisotopic (exact) mass is 424 g/mol. The highest BCUT2D eigenvalue weighted by Gasteiger charge is 2.10. The van der Waals surface area contributed by atoms with Gasteiger partial charge in [0.2, 0.25) is 5.91 Å². The van der Waals surface area contributed by atoms with Crippen LogP contribution in [0.25, 0.3) is 0 Å². The number of nitrogens with one attached hydrogen (secondary N) is 2. The number of rotatable bonds is 8. The Hall–Kier alpha value is -3.52. The molecule has 0 saturated carbocycles. The van der Waals surface area contributed by atoms with Crippen LogP contribution in [0.3, 0.4) is 0 Å². The Balaban J connectivity index is 1.46. The van der Waals surface area contributed by atoms with E-state index >= 15 is 0 Å². The summed E-state index contributed by atoms with van der Waals surface area (Å²) in [4.78, 5) is 36.6. The highest BCUT2D eigenvalue weighted by atomic mass is 32.2. The van der Waals surface area contributed by atoms with Crippen molar-refractivity contribution in [2.75, 3.05) is 23.0 Å². The predicted molar refractivity (Wildman–Crippen MR) is 115 cm³/mol. The van der Waals surface area contributed by atoms with Gasteiger partial charge in [-0.2, -0.15) is 0 Å². The molecule has 7 nitrogen and oxygen atoms in total. The Morgan fingerprint density at radius 2 is 1.60 bits per heavy atom. The molecule has 0 unspecified atom stereocenters. The van der Waals surface area contributed by atoms with Crippen molar-refractivity contribution in [3.63, 3.8) is 0 Å². The highest BCUT2D eigenvalue weighted by Crippen LogP contribution is 2.21. The van der Waals surface area contributed by atoms with Gasteiger partial charge in [-0.25, -0.2) is 4.79 Å². The second-order valence-corrected chi connectivity index (χ2v) is 7.14. The zero-order valence-corrected chi connectivity index (χ0v) is 17.0. The molecule has 2 N–H and O–H groups in total. The molecule has 3 aromatic rings. The first-order valence-corrected chi connectivity index (χ1v) is 10.2. The molecule has 1 heterocycles. The van der Waals surface area contributed by atoms with Crippen molar-refractivity contribution < 1.29 is 23.5 Å². The van der Waals surface area contributed by atoms with Crippen molar-refractivity contribution in [3.8, 4) is 0 Å². The van der Waals surface area contributed by atoms with E-state index in [0.717, 1.165) is 4.90 Å². The van der Waals surface area contributed by atoms with Gasteiger partial charge in [0.25, 0.3) is 5.91 Å². The van der Waals surface area contributed by atoms with Crippen LogP contribution < -0.4 is 10.6 Å². The maximum atomic E-state index is 12.2. The van der Waals surface area contributed by atoms with E-state index in [9.17, 15) is 14.4 Å². The van der Waals surface area contributed by atoms with E-state index in [-0.39, 0.29) is 23.3 Å². The maximum absolute atomic E-state index is 12.2. The topological polar surface area (TPSA) is 97.6 Å². The van der Waals surface area contributed by atoms with Gasteiger partial charge in [-0.15, -0.1) is 11.8 Å². The van der Waals surface area contributed by atoms with Crippen LogP contribution in [0.4, 0.5) is 11.4 Å². The third-order valence-electron chi connectivity index (χ3n) is 3.91. The number of thioether (sulfide) groups is 1. The van der Waals surface area contributed by atoms with Gasteiger partial charge in [0, 0.05) is 16.3 Å². The molecule has 30 heavy (non-hydrogen) atoms. The number of ether oxygens (including phenoxy) is 1. The molecule has 0 saturated heterocycles. The summed E-state index contributed by atoms with van der Waals surface area (Å²) in [7, 11) is 0. The minimum absolute atomic E-state index is 0.168. The number of benzene rings is 2. The van der Waals surface area contributed by atoms with Crippen molar-refractivity contribution >= 4 is 40.9 Å². The molecule has 0 aliphatic heterocycles. The quantitative estimate of drug-likeness (QED) is 0.410. The van der Waals surface area contributed by atoms with Gasteiger partial charge in [-0.1, -0.05) is 0 Å². The second-order valence-electron chi connectivity index (χ2n) is 6.09. The lowest BCUT2D eigenvalue weighted by atomic mass is 10.2. The third kappa shape index (κ3) is 5.99. The van der Waals surface area contributed by atoms with E-state index in [2.05, 4.69) is 10.6 Å². The smallest absolute Gasteiger partial charge is 0.338 e. The Kier molecular flexibility index (Phi) is 7.29. The highest BCUT2D eigenvalue weighted by molar-refractivity contribution is 8.00. The number of furan rings is 1. The zero-order valence-electron chi connectivity index (χ0n) is 16.2. The summed E-state index contributed by atoms with van der Waals surface area (Å²) in [6, 6.07) is 16.9. The molecular formula is C22H20N2O5S. The maximum Gasteiger partial charge on any atom is 0.338 e. The van der Waals surface area contributed by atoms with Crippen molar-refractivity contribution in [1.29, 1.82) is 0 Å². The van der Waals surface area contributed by atoms with Gasteiger partial charge in [-0.3, -0.25) is 9.59 Å². The molecule has 0 bridgehead atoms. The number of amides is 2. The average Bonchev–Trinajstić information content (AvgIpc) is 3.29. The van der Waals surface area contributed by atoms with Crippen LogP contribution >= 0.6 is 11.8 Å². The van der Waals surface area contributed by atoms with Crippen molar-refractivity contribution in [3.05, 3.63) is 78.3 Å². The van der Waals surface area contributed by atoms with Crippen molar-refractivity contribution in [2.45, 2.75) is 11.8 Å². The molecular weight excluding hydrogens is 404 g/mol. The first-order chi connectivity index (χ1) is 14.5. The largest absolute Gasteiger partial charge is 0.462 e. The summed E-state index contributed by atoms with van der Waals surface area (Å²) in [6.45, 7) is 2.06. The Morgan fingerprint density at radius 1 is 0.933 bits per heavy atom. The molecule has 1 aromatic heterocycles. The average molecular weight is 424 g/mol. The molecule has 2 amide bonds. The summed E-state index contributed by atoms with van der Waals surface area (Å²) in [5, 5.41) is 5.52. The number of anilines is 2. The summed E-state index contributed by atoms with van der Waals surface area (Å²) in [5.41, 5.74) is 1.67. The first kappa shape index (κ1) is 21.2. The van der Waals surface area contributed by atoms with E-state index in [1.54, 1.807) is 55.5 Å². The molecule has 0 aliphatic rings. The fourth-order valence-electron chi connectivity index (χ4n) is 2.48. The fourth-order valence-corrected chi connectivity index (χ4v) is 3.18. The van der Waals surface area contributed by atoms with Gasteiger partial charge in [0.1, 0.15) is 0 Å². The van der Waals surface area contributed by atoms with Crippen LogP contribution in [-0.4, -0.2) is 30.1 Å². The van der Waals surface area contributed by atoms with Crippen LogP contribution in [0.1, 0.15) is 27.8 Å². The van der Waals surface area contributed by atoms with Gasteiger partial charge >= 0.3 is 5.97 Å². The number of carbonyl (C=O) groups excluding carboxylic acids is 3. The van der Waals surface area contributed by atoms with Crippen LogP contribution in [0.15, 0.2) is 76.2 Å². The van der Waals surface area contributed by atoms with Gasteiger partial charge in [0.15, 0.2) is 5.76 Å². The lowest BCUT2D eigenvalue weighted by Gasteiger charge is -2.07. The normalized spacial score (nSPS) is 10.3.